The van der Waals surface area contributed by atoms with Gasteiger partial charge in [0.15, 0.2) is 0 Å². The molecule has 4 aliphatic rings. The van der Waals surface area contributed by atoms with Gasteiger partial charge in [-0.25, -0.2) is 17.6 Å². The molecule has 4 aliphatic heterocycles. The molecule has 2 aromatic rings. The van der Waals surface area contributed by atoms with E-state index in [4.69, 9.17) is 9.47 Å². The zero-order chi connectivity index (χ0) is 22.2. The Morgan fingerprint density at radius 2 is 1.06 bits per heavy atom. The van der Waals surface area contributed by atoms with Crippen LogP contribution in [0.1, 0.15) is 59.6 Å². The molecule has 2 fully saturated rings. The highest BCUT2D eigenvalue weighted by Crippen LogP contribution is 2.39. The summed E-state index contributed by atoms with van der Waals surface area (Å²) < 4.78 is 64.3. The van der Waals surface area contributed by atoms with Gasteiger partial charge in [0.25, 0.3) is 0 Å². The van der Waals surface area contributed by atoms with Crippen LogP contribution in [0, 0.1) is 11.6 Å². The number of ether oxygens (including phenoxy) is 2. The second-order valence-electron chi connectivity index (χ2n) is 8.69. The third kappa shape index (κ3) is 4.17. The summed E-state index contributed by atoms with van der Waals surface area (Å²) in [7, 11) is 0. The van der Waals surface area contributed by atoms with Crippen molar-refractivity contribution in [3.05, 3.63) is 70.3 Å². The average molecular weight is 450 g/mol. The van der Waals surface area contributed by atoms with Crippen molar-refractivity contribution in [2.24, 2.45) is 0 Å². The molecule has 4 nitrogen and oxygen atoms in total. The third-order valence-electron chi connectivity index (χ3n) is 6.68. The number of nitrogens with one attached hydrogen (secondary N) is 2. The minimum atomic E-state index is -1.21. The Balaban J connectivity index is 0.000000135. The molecular formula is C24H26F4N2O2. The predicted molar refractivity (Wildman–Crippen MR) is 111 cm³/mol. The van der Waals surface area contributed by atoms with Gasteiger partial charge in [0.05, 0.1) is 25.4 Å². The molecule has 0 bridgehead atoms. The van der Waals surface area contributed by atoms with Crippen molar-refractivity contribution in [3.8, 4) is 0 Å². The maximum absolute atomic E-state index is 13.6. The van der Waals surface area contributed by atoms with Gasteiger partial charge >= 0.3 is 0 Å². The van der Waals surface area contributed by atoms with Crippen LogP contribution < -0.4 is 10.6 Å². The van der Waals surface area contributed by atoms with Crippen LogP contribution >= 0.6 is 0 Å². The maximum Gasteiger partial charge on any atom is 0.149 e. The first-order valence-electron chi connectivity index (χ1n) is 11.1. The Labute approximate surface area is 184 Å². The molecule has 2 saturated heterocycles. The van der Waals surface area contributed by atoms with E-state index in [-0.39, 0.29) is 49.1 Å². The summed E-state index contributed by atoms with van der Waals surface area (Å²) in [6.45, 7) is 2.00. The van der Waals surface area contributed by atoms with Gasteiger partial charge in [0, 0.05) is 12.1 Å². The maximum atomic E-state index is 13.6. The van der Waals surface area contributed by atoms with E-state index < -0.39 is 12.3 Å². The van der Waals surface area contributed by atoms with Gasteiger partial charge in [-0.2, -0.15) is 0 Å². The lowest BCUT2D eigenvalue weighted by molar-refractivity contribution is -0.0339. The topological polar surface area (TPSA) is 42.5 Å². The quantitative estimate of drug-likeness (QED) is 0.660. The Morgan fingerprint density at radius 1 is 0.656 bits per heavy atom. The van der Waals surface area contributed by atoms with Crippen molar-refractivity contribution >= 4 is 0 Å². The van der Waals surface area contributed by atoms with Gasteiger partial charge < -0.3 is 20.1 Å². The molecule has 0 aromatic heterocycles. The SMILES string of the molecule is Fc1ccc2c(c1)C(F)CO[C@@H]2[C@@H]1CCN1.Fc1ccc2c(c1)C(F)CO[C@H]2[C@@H]1CCN1. The molecule has 0 saturated carbocycles. The fourth-order valence-electron chi connectivity index (χ4n) is 4.69. The minimum Gasteiger partial charge on any atom is -0.368 e. The number of halogens is 4. The molecule has 32 heavy (non-hydrogen) atoms. The second-order valence-corrected chi connectivity index (χ2v) is 8.69. The van der Waals surface area contributed by atoms with Crippen molar-refractivity contribution in [1.29, 1.82) is 0 Å². The molecule has 0 radical (unpaired) electrons. The first kappa shape index (κ1) is 21.8. The van der Waals surface area contributed by atoms with E-state index in [1.165, 1.54) is 24.3 Å². The van der Waals surface area contributed by atoms with Gasteiger partial charge in [-0.05, 0) is 72.5 Å². The Hall–Kier alpha value is -2.00. The van der Waals surface area contributed by atoms with E-state index in [0.29, 0.717) is 11.1 Å². The first-order chi connectivity index (χ1) is 15.5. The van der Waals surface area contributed by atoms with Crippen molar-refractivity contribution in [3.63, 3.8) is 0 Å². The lowest BCUT2D eigenvalue weighted by atomic mass is 9.88. The second kappa shape index (κ2) is 9.09. The summed E-state index contributed by atoms with van der Waals surface area (Å²) in [6, 6.07) is 9.08. The van der Waals surface area contributed by atoms with E-state index in [2.05, 4.69) is 10.6 Å². The molecule has 8 heteroatoms. The number of benzene rings is 2. The van der Waals surface area contributed by atoms with Crippen molar-refractivity contribution < 1.29 is 27.0 Å². The minimum absolute atomic E-state index is 0.0271. The van der Waals surface area contributed by atoms with E-state index in [1.54, 1.807) is 12.1 Å². The lowest BCUT2D eigenvalue weighted by Crippen LogP contribution is -2.48. The van der Waals surface area contributed by atoms with Crippen molar-refractivity contribution in [2.45, 2.75) is 49.5 Å². The van der Waals surface area contributed by atoms with Crippen LogP contribution in [0.2, 0.25) is 0 Å². The lowest BCUT2D eigenvalue weighted by Gasteiger charge is -2.39. The summed E-state index contributed by atoms with van der Waals surface area (Å²) in [5.74, 6) is -0.771. The average Bonchev–Trinajstić information content (AvgIpc) is 2.70. The summed E-state index contributed by atoms with van der Waals surface area (Å²) in [6.07, 6.45) is -0.617. The Kier molecular flexibility index (Phi) is 6.20. The predicted octanol–water partition coefficient (Wildman–Crippen LogP) is 4.54. The van der Waals surface area contributed by atoms with Gasteiger partial charge in [0.1, 0.15) is 24.0 Å². The Bertz CT molecular complexity index is 890. The highest BCUT2D eigenvalue weighted by atomic mass is 19.1. The molecule has 0 amide bonds. The van der Waals surface area contributed by atoms with Gasteiger partial charge in [-0.3, -0.25) is 0 Å². The molecule has 6 rings (SSSR count). The van der Waals surface area contributed by atoms with Crippen LogP contribution in [0.5, 0.6) is 0 Å². The molecule has 2 unspecified atom stereocenters. The highest BCUT2D eigenvalue weighted by molar-refractivity contribution is 5.36. The number of alkyl halides is 2. The Morgan fingerprint density at radius 3 is 1.41 bits per heavy atom. The van der Waals surface area contributed by atoms with E-state index in [9.17, 15) is 17.6 Å². The van der Waals surface area contributed by atoms with Gasteiger partial charge in [-0.1, -0.05) is 12.1 Å². The van der Waals surface area contributed by atoms with Crippen LogP contribution in [0.15, 0.2) is 36.4 Å². The summed E-state index contributed by atoms with van der Waals surface area (Å²) in [4.78, 5) is 0. The normalized spacial score (nSPS) is 33.0. The van der Waals surface area contributed by atoms with Gasteiger partial charge in [0.2, 0.25) is 0 Å². The molecule has 4 heterocycles. The van der Waals surface area contributed by atoms with Crippen LogP contribution in [0.25, 0.3) is 0 Å². The van der Waals surface area contributed by atoms with E-state index >= 15 is 0 Å². The van der Waals surface area contributed by atoms with Crippen LogP contribution in [0.3, 0.4) is 0 Å². The van der Waals surface area contributed by atoms with Crippen molar-refractivity contribution in [2.75, 3.05) is 26.3 Å². The molecule has 2 aromatic carbocycles. The summed E-state index contributed by atoms with van der Waals surface area (Å²) in [5.41, 5.74) is 2.48. The third-order valence-corrected chi connectivity index (χ3v) is 6.68. The number of rotatable bonds is 2. The standard InChI is InChI=1S/2C12H13F2NO/c2*13-7-1-2-8-9(5-7)10(14)6-16-12(8)11-3-4-15-11/h2*1-2,5,10-12,15H,3-4,6H2/t10?,11-,12+;10?,11-,12-/m00/s1. The molecular weight excluding hydrogens is 424 g/mol. The zero-order valence-electron chi connectivity index (χ0n) is 17.5. The largest absolute Gasteiger partial charge is 0.368 e. The van der Waals surface area contributed by atoms with Crippen LogP contribution in [0.4, 0.5) is 17.6 Å². The fourth-order valence-corrected chi connectivity index (χ4v) is 4.69. The smallest absolute Gasteiger partial charge is 0.149 e. The number of hydrogen-bond acceptors (Lipinski definition) is 4. The molecule has 2 N–H and O–H groups in total. The van der Waals surface area contributed by atoms with E-state index in [1.807, 2.05) is 0 Å². The first-order valence-corrected chi connectivity index (χ1v) is 11.1. The van der Waals surface area contributed by atoms with Crippen LogP contribution in [-0.4, -0.2) is 38.4 Å². The fraction of sp³-hybridized carbons (Fsp3) is 0.500. The molecule has 0 spiro atoms. The highest BCUT2D eigenvalue weighted by Gasteiger charge is 2.37. The molecule has 6 atom stereocenters. The molecule has 172 valence electrons. The number of hydrogen-bond donors (Lipinski definition) is 2. The summed E-state index contributed by atoms with van der Waals surface area (Å²) in [5, 5.41) is 6.49. The summed E-state index contributed by atoms with van der Waals surface area (Å²) >= 11 is 0. The van der Waals surface area contributed by atoms with Crippen LogP contribution in [-0.2, 0) is 9.47 Å². The van der Waals surface area contributed by atoms with E-state index in [0.717, 1.165) is 37.1 Å². The number of fused-ring (bicyclic) bond motifs is 2. The zero-order valence-corrected chi connectivity index (χ0v) is 17.5. The van der Waals surface area contributed by atoms with Crippen molar-refractivity contribution in [1.82, 2.24) is 10.6 Å². The monoisotopic (exact) mass is 450 g/mol. The molecule has 0 aliphatic carbocycles. The van der Waals surface area contributed by atoms with Gasteiger partial charge in [-0.15, -0.1) is 0 Å².